The lowest BCUT2D eigenvalue weighted by Crippen LogP contribution is -2.43. The number of alkyl halides is 1. The van der Waals surface area contributed by atoms with Gasteiger partial charge in [-0.05, 0) is 79.3 Å². The number of rotatable bonds is 6. The van der Waals surface area contributed by atoms with Gasteiger partial charge in [-0.1, -0.05) is 36.4 Å². The molecule has 0 spiro atoms. The zero-order valence-corrected chi connectivity index (χ0v) is 21.8. The number of halogens is 1. The van der Waals surface area contributed by atoms with Crippen LogP contribution in [0.1, 0.15) is 46.8 Å². The molecule has 6 nitrogen and oxygen atoms in total. The topological polar surface area (TPSA) is 69.7 Å². The first-order chi connectivity index (χ1) is 17.7. The third-order valence-corrected chi connectivity index (χ3v) is 9.26. The summed E-state index contributed by atoms with van der Waals surface area (Å²) in [7, 11) is -3.69. The second-order valence-corrected chi connectivity index (χ2v) is 12.2. The molecular weight excluding hydrogens is 489 g/mol. The van der Waals surface area contributed by atoms with Gasteiger partial charge in [0.1, 0.15) is 5.67 Å². The Balaban J connectivity index is 1.17. The maximum absolute atomic E-state index is 14.1. The average Bonchev–Trinajstić information content (AvgIpc) is 2.89. The average molecular weight is 522 g/mol. The first kappa shape index (κ1) is 25.6. The van der Waals surface area contributed by atoms with Gasteiger partial charge in [0.2, 0.25) is 10.0 Å². The molecule has 2 aliphatic heterocycles. The molecule has 0 aromatic heterocycles. The van der Waals surface area contributed by atoms with Crippen molar-refractivity contribution in [3.63, 3.8) is 0 Å². The third-order valence-electron chi connectivity index (χ3n) is 7.35. The fourth-order valence-electron chi connectivity index (χ4n) is 4.96. The molecule has 1 amide bonds. The quantitative estimate of drug-likeness (QED) is 0.495. The van der Waals surface area contributed by atoms with Crippen LogP contribution in [0.4, 0.5) is 10.1 Å². The summed E-state index contributed by atoms with van der Waals surface area (Å²) in [4.78, 5) is 15.3. The number of nitrogens with zero attached hydrogens (tertiary/aromatic N) is 2. The molecule has 0 bridgehead atoms. The van der Waals surface area contributed by atoms with Gasteiger partial charge in [-0.2, -0.15) is 4.31 Å². The van der Waals surface area contributed by atoms with Crippen molar-refractivity contribution < 1.29 is 17.6 Å². The van der Waals surface area contributed by atoms with Crippen LogP contribution in [0.2, 0.25) is 0 Å². The first-order valence-electron chi connectivity index (χ1n) is 12.7. The lowest BCUT2D eigenvalue weighted by molar-refractivity contribution is 0.102. The van der Waals surface area contributed by atoms with Crippen molar-refractivity contribution in [1.29, 1.82) is 0 Å². The van der Waals surface area contributed by atoms with Crippen molar-refractivity contribution in [2.24, 2.45) is 0 Å². The summed E-state index contributed by atoms with van der Waals surface area (Å²) < 4.78 is 41.2. The smallest absolute Gasteiger partial charge is 0.255 e. The van der Waals surface area contributed by atoms with E-state index in [9.17, 15) is 17.6 Å². The molecular formula is C29H32FN3O3S. The van der Waals surface area contributed by atoms with E-state index in [1.165, 1.54) is 34.5 Å². The van der Waals surface area contributed by atoms with Crippen molar-refractivity contribution in [2.45, 2.75) is 49.8 Å². The Morgan fingerprint density at radius 2 is 1.57 bits per heavy atom. The van der Waals surface area contributed by atoms with Crippen LogP contribution in [0.3, 0.4) is 0 Å². The van der Waals surface area contributed by atoms with Gasteiger partial charge in [0.15, 0.2) is 0 Å². The van der Waals surface area contributed by atoms with Crippen LogP contribution in [0.25, 0.3) is 0 Å². The van der Waals surface area contributed by atoms with E-state index in [-0.39, 0.29) is 36.7 Å². The molecule has 1 N–H and O–H groups in total. The van der Waals surface area contributed by atoms with Gasteiger partial charge in [-0.25, -0.2) is 12.8 Å². The largest absolute Gasteiger partial charge is 0.322 e. The highest BCUT2D eigenvalue weighted by Crippen LogP contribution is 2.29. The summed E-state index contributed by atoms with van der Waals surface area (Å²) >= 11 is 0. The fourth-order valence-corrected chi connectivity index (χ4v) is 6.41. The molecule has 3 aromatic carbocycles. The maximum Gasteiger partial charge on any atom is 0.255 e. The normalized spacial score (nSPS) is 18.2. The van der Waals surface area contributed by atoms with Gasteiger partial charge >= 0.3 is 0 Å². The van der Waals surface area contributed by atoms with Crippen LogP contribution in [-0.4, -0.2) is 48.8 Å². The van der Waals surface area contributed by atoms with Crippen molar-refractivity contribution in [3.8, 4) is 0 Å². The molecule has 2 heterocycles. The number of hydrogen-bond donors (Lipinski definition) is 1. The Hall–Kier alpha value is -3.07. The lowest BCUT2D eigenvalue weighted by atomic mass is 9.97. The van der Waals surface area contributed by atoms with Gasteiger partial charge in [-0.3, -0.25) is 9.69 Å². The summed E-state index contributed by atoms with van der Waals surface area (Å²) in [5.41, 5.74) is 3.67. The summed E-state index contributed by atoms with van der Waals surface area (Å²) in [5, 5.41) is 2.83. The summed E-state index contributed by atoms with van der Waals surface area (Å²) in [6.07, 6.45) is 1.42. The molecule has 0 aliphatic carbocycles. The van der Waals surface area contributed by atoms with Gasteiger partial charge in [-0.15, -0.1) is 0 Å². The van der Waals surface area contributed by atoms with Gasteiger partial charge < -0.3 is 5.32 Å². The lowest BCUT2D eigenvalue weighted by Gasteiger charge is -2.33. The summed E-state index contributed by atoms with van der Waals surface area (Å²) in [6.45, 7) is 4.60. The monoisotopic (exact) mass is 521 g/mol. The molecule has 1 saturated heterocycles. The van der Waals surface area contributed by atoms with E-state index in [0.717, 1.165) is 31.6 Å². The maximum atomic E-state index is 14.1. The van der Waals surface area contributed by atoms with Gasteiger partial charge in [0.25, 0.3) is 5.91 Å². The van der Waals surface area contributed by atoms with E-state index in [1.54, 1.807) is 12.1 Å². The van der Waals surface area contributed by atoms with E-state index >= 15 is 0 Å². The number of nitrogens with one attached hydrogen (secondary N) is 1. The van der Waals surface area contributed by atoms with Crippen LogP contribution in [0, 0.1) is 0 Å². The molecule has 0 atom stereocenters. The van der Waals surface area contributed by atoms with Crippen molar-refractivity contribution in [3.05, 3.63) is 95.1 Å². The van der Waals surface area contributed by atoms with Crippen molar-refractivity contribution in [1.82, 2.24) is 9.21 Å². The molecule has 1 fully saturated rings. The highest BCUT2D eigenvalue weighted by Gasteiger charge is 2.35. The third kappa shape index (κ3) is 5.92. The van der Waals surface area contributed by atoms with E-state index in [2.05, 4.69) is 34.5 Å². The molecule has 3 aromatic rings. The minimum atomic E-state index is -3.69. The van der Waals surface area contributed by atoms with Gasteiger partial charge in [0, 0.05) is 44.0 Å². The zero-order chi connectivity index (χ0) is 26.0. The van der Waals surface area contributed by atoms with Crippen LogP contribution in [0.5, 0.6) is 0 Å². The molecule has 0 radical (unpaired) electrons. The number of hydrogen-bond acceptors (Lipinski definition) is 4. The molecule has 2 aliphatic rings. The van der Waals surface area contributed by atoms with Crippen molar-refractivity contribution >= 4 is 21.6 Å². The Bertz CT molecular complexity index is 1360. The number of carbonyl (C=O) groups is 1. The molecule has 37 heavy (non-hydrogen) atoms. The SMILES string of the molecule is CC1(F)CCN(S(=O)(=O)c2ccc(NC(=O)c3ccc(CN4CCc5ccccc5C4)cc3)cc2)CC1. The van der Waals surface area contributed by atoms with Gasteiger partial charge in [0.05, 0.1) is 4.90 Å². The fraction of sp³-hybridized carbons (Fsp3) is 0.345. The molecule has 8 heteroatoms. The van der Waals surface area contributed by atoms with E-state index < -0.39 is 15.7 Å². The number of fused-ring (bicyclic) bond motifs is 1. The Morgan fingerprint density at radius 1 is 0.919 bits per heavy atom. The second-order valence-electron chi connectivity index (χ2n) is 10.2. The van der Waals surface area contributed by atoms with Crippen LogP contribution >= 0.6 is 0 Å². The minimum Gasteiger partial charge on any atom is -0.322 e. The number of sulfonamides is 1. The highest BCUT2D eigenvalue weighted by molar-refractivity contribution is 7.89. The number of carbonyl (C=O) groups excluding carboxylic acids is 1. The van der Waals surface area contributed by atoms with Crippen molar-refractivity contribution in [2.75, 3.05) is 25.0 Å². The summed E-state index contributed by atoms with van der Waals surface area (Å²) in [5.74, 6) is -0.257. The second kappa shape index (κ2) is 10.4. The number of benzene rings is 3. The number of piperidine rings is 1. The molecule has 0 saturated carbocycles. The Morgan fingerprint density at radius 3 is 2.24 bits per heavy atom. The standard InChI is InChI=1S/C29H32FN3O3S/c1-29(30)15-18-33(19-16-29)37(35,36)27-12-10-26(11-13-27)31-28(34)24-8-6-22(7-9-24)20-32-17-14-23-4-2-3-5-25(23)21-32/h2-13H,14-21H2,1H3,(H,31,34). The van der Waals surface area contributed by atoms with Crippen LogP contribution in [0.15, 0.2) is 77.7 Å². The minimum absolute atomic E-state index is 0.137. The zero-order valence-electron chi connectivity index (χ0n) is 21.0. The Kier molecular flexibility index (Phi) is 7.16. The molecule has 0 unspecified atom stereocenters. The first-order valence-corrected chi connectivity index (χ1v) is 14.1. The molecule has 194 valence electrons. The van der Waals surface area contributed by atoms with E-state index in [4.69, 9.17) is 0 Å². The predicted molar refractivity (Wildman–Crippen MR) is 143 cm³/mol. The van der Waals surface area contributed by atoms with E-state index in [0.29, 0.717) is 11.3 Å². The number of anilines is 1. The molecule has 5 rings (SSSR count). The van der Waals surface area contributed by atoms with E-state index in [1.807, 2.05) is 24.3 Å². The van der Waals surface area contributed by atoms with Crippen LogP contribution in [-0.2, 0) is 29.5 Å². The highest BCUT2D eigenvalue weighted by atomic mass is 32.2. The Labute approximate surface area is 218 Å². The summed E-state index contributed by atoms with van der Waals surface area (Å²) in [6, 6.07) is 22.3. The number of amides is 1. The predicted octanol–water partition coefficient (Wildman–Crippen LogP) is 5.01. The van der Waals surface area contributed by atoms with Crippen LogP contribution < -0.4 is 5.32 Å².